The first kappa shape index (κ1) is 16.9. The maximum Gasteiger partial charge on any atom is 0.308 e. The first-order chi connectivity index (χ1) is 9.56. The Morgan fingerprint density at radius 2 is 1.85 bits per heavy atom. The van der Waals surface area contributed by atoms with E-state index < -0.39 is 0 Å². The molecule has 0 saturated heterocycles. The lowest BCUT2D eigenvalue weighted by atomic mass is 9.87. The Labute approximate surface area is 120 Å². The molecule has 0 aromatic heterocycles. The van der Waals surface area contributed by atoms with E-state index in [4.69, 9.17) is 14.2 Å². The molecule has 1 N–H and O–H groups in total. The van der Waals surface area contributed by atoms with E-state index in [0.717, 1.165) is 25.7 Å². The average molecular weight is 287 g/mol. The number of hydrogen-bond donors (Lipinski definition) is 1. The van der Waals surface area contributed by atoms with Crippen LogP contribution in [-0.2, 0) is 23.8 Å². The Kier molecular flexibility index (Phi) is 7.54. The number of hydrogen-bond acceptors (Lipinski definition) is 5. The number of esters is 1. The van der Waals surface area contributed by atoms with Gasteiger partial charge in [0.2, 0.25) is 5.91 Å². The van der Waals surface area contributed by atoms with Crippen LogP contribution in [0.5, 0.6) is 0 Å². The van der Waals surface area contributed by atoms with E-state index in [1.54, 1.807) is 7.11 Å². The predicted molar refractivity (Wildman–Crippen MR) is 73.2 cm³/mol. The number of carbonyl (C=O) groups excluding carboxylic acids is 2. The average Bonchev–Trinajstić information content (AvgIpc) is 2.45. The summed E-state index contributed by atoms with van der Waals surface area (Å²) in [6, 6.07) is -0.0221. The number of nitrogens with one attached hydrogen (secondary N) is 1. The van der Waals surface area contributed by atoms with Crippen molar-refractivity contribution < 1.29 is 23.8 Å². The van der Waals surface area contributed by atoms with Gasteiger partial charge in [0.05, 0.1) is 25.7 Å². The molecule has 1 fully saturated rings. The predicted octanol–water partition coefficient (Wildman–Crippen LogP) is 0.886. The molecule has 6 heteroatoms. The van der Waals surface area contributed by atoms with Crippen molar-refractivity contribution in [1.82, 2.24) is 5.32 Å². The first-order valence-corrected chi connectivity index (χ1v) is 7.04. The molecule has 0 aromatic rings. The number of amides is 1. The zero-order valence-corrected chi connectivity index (χ0v) is 12.5. The lowest BCUT2D eigenvalue weighted by molar-refractivity contribution is -0.148. The fourth-order valence-corrected chi connectivity index (χ4v) is 2.43. The molecule has 0 heterocycles. The number of methoxy groups -OCH3 is 2. The number of ether oxygens (including phenoxy) is 3. The van der Waals surface area contributed by atoms with Gasteiger partial charge in [-0.2, -0.15) is 0 Å². The molecule has 1 amide bonds. The van der Waals surface area contributed by atoms with E-state index in [1.165, 1.54) is 7.11 Å². The molecule has 1 saturated carbocycles. The zero-order valence-electron chi connectivity index (χ0n) is 12.5. The third-order valence-electron chi connectivity index (χ3n) is 3.48. The van der Waals surface area contributed by atoms with Gasteiger partial charge in [0, 0.05) is 13.2 Å². The highest BCUT2D eigenvalue weighted by molar-refractivity contribution is 5.77. The fraction of sp³-hybridized carbons (Fsp3) is 0.857. The molecule has 0 radical (unpaired) electrons. The second kappa shape index (κ2) is 8.92. The van der Waals surface area contributed by atoms with Gasteiger partial charge in [-0.3, -0.25) is 9.59 Å². The van der Waals surface area contributed by atoms with Crippen molar-refractivity contribution in [3.05, 3.63) is 0 Å². The van der Waals surface area contributed by atoms with Gasteiger partial charge in [0.15, 0.2) is 0 Å². The molecule has 0 aromatic carbocycles. The Morgan fingerprint density at radius 3 is 2.40 bits per heavy atom. The molecule has 6 nitrogen and oxygen atoms in total. The third-order valence-corrected chi connectivity index (χ3v) is 3.48. The van der Waals surface area contributed by atoms with Gasteiger partial charge in [-0.05, 0) is 32.6 Å². The SMILES string of the molecule is COCC(C)NC(=O)COC1CCC(C(=O)OC)CC1. The molecule has 1 unspecified atom stereocenters. The smallest absolute Gasteiger partial charge is 0.308 e. The largest absolute Gasteiger partial charge is 0.469 e. The monoisotopic (exact) mass is 287 g/mol. The molecule has 20 heavy (non-hydrogen) atoms. The summed E-state index contributed by atoms with van der Waals surface area (Å²) in [5.41, 5.74) is 0. The third kappa shape index (κ3) is 5.88. The minimum Gasteiger partial charge on any atom is -0.469 e. The van der Waals surface area contributed by atoms with Crippen molar-refractivity contribution >= 4 is 11.9 Å². The normalized spacial score (nSPS) is 23.9. The maximum absolute atomic E-state index is 11.6. The van der Waals surface area contributed by atoms with Crippen LogP contribution >= 0.6 is 0 Å². The van der Waals surface area contributed by atoms with E-state index in [2.05, 4.69) is 5.32 Å². The Morgan fingerprint density at radius 1 is 1.20 bits per heavy atom. The van der Waals surface area contributed by atoms with Gasteiger partial charge in [-0.15, -0.1) is 0 Å². The van der Waals surface area contributed by atoms with E-state index in [0.29, 0.717) is 6.61 Å². The highest BCUT2D eigenvalue weighted by Crippen LogP contribution is 2.26. The lowest BCUT2D eigenvalue weighted by Crippen LogP contribution is -2.39. The minimum absolute atomic E-state index is 0.0181. The number of rotatable bonds is 7. The summed E-state index contributed by atoms with van der Waals surface area (Å²) in [6.45, 7) is 2.42. The topological polar surface area (TPSA) is 73.9 Å². The van der Waals surface area contributed by atoms with Crippen molar-refractivity contribution in [3.8, 4) is 0 Å². The van der Waals surface area contributed by atoms with Crippen LogP contribution in [0.25, 0.3) is 0 Å². The highest BCUT2D eigenvalue weighted by atomic mass is 16.5. The highest BCUT2D eigenvalue weighted by Gasteiger charge is 2.27. The molecule has 1 atom stereocenters. The van der Waals surface area contributed by atoms with E-state index in [-0.39, 0.29) is 36.5 Å². The van der Waals surface area contributed by atoms with Gasteiger partial charge in [0.25, 0.3) is 0 Å². The summed E-state index contributed by atoms with van der Waals surface area (Å²) < 4.78 is 15.3. The van der Waals surface area contributed by atoms with Crippen molar-refractivity contribution in [1.29, 1.82) is 0 Å². The molecule has 0 spiro atoms. The van der Waals surface area contributed by atoms with Crippen LogP contribution in [-0.4, -0.2) is 51.5 Å². The van der Waals surface area contributed by atoms with Crippen LogP contribution in [0.15, 0.2) is 0 Å². The van der Waals surface area contributed by atoms with Gasteiger partial charge in [-0.25, -0.2) is 0 Å². The summed E-state index contributed by atoms with van der Waals surface area (Å²) in [6.07, 6.45) is 3.17. The molecule has 1 aliphatic rings. The molecule has 0 aliphatic heterocycles. The van der Waals surface area contributed by atoms with Crippen molar-refractivity contribution in [2.24, 2.45) is 5.92 Å². The Bertz CT molecular complexity index is 313. The second-order valence-corrected chi connectivity index (χ2v) is 5.23. The van der Waals surface area contributed by atoms with Gasteiger partial charge in [0.1, 0.15) is 6.61 Å². The molecule has 0 bridgehead atoms. The fourth-order valence-electron chi connectivity index (χ4n) is 2.43. The summed E-state index contributed by atoms with van der Waals surface area (Å²) in [7, 11) is 3.01. The second-order valence-electron chi connectivity index (χ2n) is 5.23. The Balaban J connectivity index is 2.18. The maximum atomic E-state index is 11.6. The first-order valence-electron chi connectivity index (χ1n) is 7.04. The van der Waals surface area contributed by atoms with Crippen LogP contribution in [0, 0.1) is 5.92 Å². The summed E-state index contributed by atoms with van der Waals surface area (Å²) in [5, 5.41) is 2.79. The van der Waals surface area contributed by atoms with Crippen molar-refractivity contribution in [2.45, 2.75) is 44.8 Å². The summed E-state index contributed by atoms with van der Waals surface area (Å²) >= 11 is 0. The van der Waals surface area contributed by atoms with Gasteiger partial charge < -0.3 is 19.5 Å². The quantitative estimate of drug-likeness (QED) is 0.704. The molecule has 116 valence electrons. The van der Waals surface area contributed by atoms with E-state index >= 15 is 0 Å². The molecule has 1 rings (SSSR count). The molecular formula is C14H25NO5. The Hall–Kier alpha value is -1.14. The minimum atomic E-state index is -0.144. The lowest BCUT2D eigenvalue weighted by Gasteiger charge is -2.26. The summed E-state index contributed by atoms with van der Waals surface area (Å²) in [4.78, 5) is 23.0. The summed E-state index contributed by atoms with van der Waals surface area (Å²) in [5.74, 6) is -0.297. The van der Waals surface area contributed by atoms with Crippen LogP contribution in [0.3, 0.4) is 0 Å². The van der Waals surface area contributed by atoms with Crippen LogP contribution < -0.4 is 5.32 Å². The van der Waals surface area contributed by atoms with Crippen LogP contribution in [0.2, 0.25) is 0 Å². The van der Waals surface area contributed by atoms with E-state index in [1.807, 2.05) is 6.92 Å². The standard InChI is InChI=1S/C14H25NO5/c1-10(8-18-2)15-13(16)9-20-12-6-4-11(5-7-12)14(17)19-3/h10-12H,4-9H2,1-3H3,(H,15,16). The van der Waals surface area contributed by atoms with Crippen LogP contribution in [0.4, 0.5) is 0 Å². The van der Waals surface area contributed by atoms with E-state index in [9.17, 15) is 9.59 Å². The molecular weight excluding hydrogens is 262 g/mol. The van der Waals surface area contributed by atoms with Crippen molar-refractivity contribution in [2.75, 3.05) is 27.4 Å². The zero-order chi connectivity index (χ0) is 15.0. The van der Waals surface area contributed by atoms with Gasteiger partial charge in [-0.1, -0.05) is 0 Å². The van der Waals surface area contributed by atoms with Crippen LogP contribution in [0.1, 0.15) is 32.6 Å². The molecule has 1 aliphatic carbocycles. The number of carbonyl (C=O) groups is 2. The van der Waals surface area contributed by atoms with Gasteiger partial charge >= 0.3 is 5.97 Å². The van der Waals surface area contributed by atoms with Crippen molar-refractivity contribution in [3.63, 3.8) is 0 Å².